The van der Waals surface area contributed by atoms with Gasteiger partial charge in [0.15, 0.2) is 12.6 Å². The fraction of sp³-hybridized carbons (Fsp3) is 0.833. The van der Waals surface area contributed by atoms with Gasteiger partial charge in [0.1, 0.15) is 60.8 Å². The molecule has 0 unspecified atom stereocenters. The van der Waals surface area contributed by atoms with Crippen LogP contribution < -0.4 is 21.3 Å². The molecule has 0 bridgehead atoms. The molecule has 2 fully saturated rings. The Labute approximate surface area is 261 Å². The van der Waals surface area contributed by atoms with Crippen molar-refractivity contribution in [1.29, 1.82) is 0 Å². The number of carbonyl (C=O) groups excluding carboxylic acids is 4. The summed E-state index contributed by atoms with van der Waals surface area (Å²) in [6.45, 7) is 1.18. The maximum Gasteiger partial charge on any atom is 0.243 e. The first-order valence-electron chi connectivity index (χ1n) is 13.5. The van der Waals surface area contributed by atoms with Crippen molar-refractivity contribution in [3.8, 4) is 0 Å². The molecular weight excluding hydrogens is 632 g/mol. The molecule has 4 amide bonds. The third-order valence-electron chi connectivity index (χ3n) is 6.78. The first kappa shape index (κ1) is 38.4. The lowest BCUT2D eigenvalue weighted by molar-refractivity contribution is -0.262. The standard InChI is InChI=1S/C24H42N4O14S2/c1-9(31)25-11(21(37)27-15-19(35)17(33)13(5-29)41-23(15)39-3)7-43-44-8-12(26-10(2)32)22(38)28-16-20(36)18(34)14(6-30)42-24(16)40-4/h11-20,23-24,29-30,33-36H,5-8H2,1-4H3,(H,25,31)(H,26,32)(H,27,37)(H,28,38)/t11-,12-,13+,14+,15+,16+,17+,18+,19+,20+,23-,24-/m0/s1. The fourth-order valence-corrected chi connectivity index (χ4v) is 6.82. The molecular formula is C24H42N4O14S2. The molecule has 2 aliphatic heterocycles. The molecule has 12 atom stereocenters. The molecule has 0 aromatic heterocycles. The summed E-state index contributed by atoms with van der Waals surface area (Å²) in [5, 5.41) is 70.0. The number of carbonyl (C=O) groups is 4. The van der Waals surface area contributed by atoms with E-state index in [1.807, 2.05) is 0 Å². The van der Waals surface area contributed by atoms with E-state index in [9.17, 15) is 49.8 Å². The minimum Gasteiger partial charge on any atom is -0.394 e. The average molecular weight is 675 g/mol. The number of hydrogen-bond donors (Lipinski definition) is 10. The Hall–Kier alpha value is -1.82. The van der Waals surface area contributed by atoms with Gasteiger partial charge >= 0.3 is 0 Å². The second-order valence-electron chi connectivity index (χ2n) is 10.0. The van der Waals surface area contributed by atoms with Crippen LogP contribution in [0.15, 0.2) is 0 Å². The molecule has 0 aromatic carbocycles. The fourth-order valence-electron chi connectivity index (χ4n) is 4.49. The van der Waals surface area contributed by atoms with Gasteiger partial charge in [-0.2, -0.15) is 0 Å². The highest BCUT2D eigenvalue weighted by molar-refractivity contribution is 8.76. The molecule has 2 saturated heterocycles. The minimum absolute atomic E-state index is 0.0384. The molecule has 0 radical (unpaired) electrons. The van der Waals surface area contributed by atoms with E-state index in [2.05, 4.69) is 21.3 Å². The largest absolute Gasteiger partial charge is 0.394 e. The maximum absolute atomic E-state index is 13.1. The number of aliphatic hydroxyl groups excluding tert-OH is 6. The van der Waals surface area contributed by atoms with Crippen LogP contribution in [0.25, 0.3) is 0 Å². The van der Waals surface area contributed by atoms with Crippen molar-refractivity contribution in [1.82, 2.24) is 21.3 Å². The van der Waals surface area contributed by atoms with Crippen molar-refractivity contribution < 1.29 is 68.8 Å². The normalized spacial score (nSPS) is 33.5. The van der Waals surface area contributed by atoms with Gasteiger partial charge in [0.25, 0.3) is 0 Å². The number of rotatable bonds is 15. The van der Waals surface area contributed by atoms with Crippen LogP contribution in [0.2, 0.25) is 0 Å². The van der Waals surface area contributed by atoms with E-state index in [0.29, 0.717) is 0 Å². The zero-order valence-electron chi connectivity index (χ0n) is 24.5. The van der Waals surface area contributed by atoms with Gasteiger partial charge in [0.05, 0.1) is 13.2 Å². The second kappa shape index (κ2) is 18.4. The molecule has 2 heterocycles. The van der Waals surface area contributed by atoms with Gasteiger partial charge in [0.2, 0.25) is 23.6 Å². The summed E-state index contributed by atoms with van der Waals surface area (Å²) in [7, 11) is 4.63. The predicted molar refractivity (Wildman–Crippen MR) is 154 cm³/mol. The summed E-state index contributed by atoms with van der Waals surface area (Å²) in [5.41, 5.74) is 0. The van der Waals surface area contributed by atoms with Gasteiger partial charge in [-0.3, -0.25) is 19.2 Å². The summed E-state index contributed by atoms with van der Waals surface area (Å²) >= 11 is 0. The summed E-state index contributed by atoms with van der Waals surface area (Å²) in [6.07, 6.45) is -10.9. The number of amides is 4. The highest BCUT2D eigenvalue weighted by Crippen LogP contribution is 2.26. The van der Waals surface area contributed by atoms with Crippen molar-refractivity contribution in [2.45, 2.75) is 87.2 Å². The van der Waals surface area contributed by atoms with Gasteiger partial charge in [-0.25, -0.2) is 0 Å². The van der Waals surface area contributed by atoms with Crippen molar-refractivity contribution in [2.75, 3.05) is 38.9 Å². The topological polar surface area (TPSA) is 275 Å². The number of methoxy groups -OCH3 is 2. The van der Waals surface area contributed by atoms with Crippen LogP contribution in [0.5, 0.6) is 0 Å². The zero-order chi connectivity index (χ0) is 33.1. The predicted octanol–water partition coefficient (Wildman–Crippen LogP) is -5.48. The number of nitrogens with one attached hydrogen (secondary N) is 4. The van der Waals surface area contributed by atoms with Crippen LogP contribution in [0.1, 0.15) is 13.8 Å². The Bertz CT molecular complexity index is 892. The van der Waals surface area contributed by atoms with Crippen LogP contribution in [0.3, 0.4) is 0 Å². The van der Waals surface area contributed by atoms with Crippen LogP contribution in [-0.2, 0) is 38.1 Å². The Kier molecular flexibility index (Phi) is 16.0. The van der Waals surface area contributed by atoms with Crippen molar-refractivity contribution in [3.63, 3.8) is 0 Å². The third kappa shape index (κ3) is 10.4. The number of aliphatic hydroxyl groups is 6. The first-order chi connectivity index (χ1) is 20.8. The summed E-state index contributed by atoms with van der Waals surface area (Å²) in [6, 6.07) is -4.77. The van der Waals surface area contributed by atoms with Crippen LogP contribution >= 0.6 is 21.6 Å². The molecule has 10 N–H and O–H groups in total. The molecule has 0 aromatic rings. The molecule has 2 aliphatic rings. The van der Waals surface area contributed by atoms with E-state index < -0.39 is 110 Å². The molecule has 254 valence electrons. The molecule has 0 aliphatic carbocycles. The van der Waals surface area contributed by atoms with E-state index in [4.69, 9.17) is 18.9 Å². The smallest absolute Gasteiger partial charge is 0.243 e. The van der Waals surface area contributed by atoms with E-state index in [-0.39, 0.29) is 11.5 Å². The SMILES string of the molecule is CO[C@H]1O[C@H](CO)[C@@H](O)[C@H](O)[C@H]1NC(=O)[C@H](CSSC[C@H](NC(C)=O)C(=O)N[C@H]1[C@@H](OC)O[C@H](CO)[C@@H](O)[C@@H]1O)NC(C)=O. The maximum atomic E-state index is 13.1. The first-order valence-corrected chi connectivity index (χ1v) is 16.0. The molecule has 44 heavy (non-hydrogen) atoms. The Morgan fingerprint density at radius 1 is 0.682 bits per heavy atom. The lowest BCUT2D eigenvalue weighted by atomic mass is 9.96. The summed E-state index contributed by atoms with van der Waals surface area (Å²) in [4.78, 5) is 49.7. The van der Waals surface area contributed by atoms with Gasteiger partial charge in [-0.1, -0.05) is 21.6 Å². The molecule has 20 heteroatoms. The van der Waals surface area contributed by atoms with E-state index in [1.54, 1.807) is 0 Å². The second-order valence-corrected chi connectivity index (χ2v) is 12.6. The molecule has 0 saturated carbocycles. The Morgan fingerprint density at radius 2 is 1.02 bits per heavy atom. The lowest BCUT2D eigenvalue weighted by Crippen LogP contribution is -2.66. The summed E-state index contributed by atoms with van der Waals surface area (Å²) < 4.78 is 21.1. The van der Waals surface area contributed by atoms with E-state index in [1.165, 1.54) is 28.1 Å². The van der Waals surface area contributed by atoms with E-state index in [0.717, 1.165) is 21.6 Å². The number of ether oxygens (including phenoxy) is 4. The molecule has 18 nitrogen and oxygen atoms in total. The van der Waals surface area contributed by atoms with Crippen molar-refractivity contribution >= 4 is 45.2 Å². The zero-order valence-corrected chi connectivity index (χ0v) is 26.2. The average Bonchev–Trinajstić information content (AvgIpc) is 2.98. The Balaban J connectivity index is 2.02. The van der Waals surface area contributed by atoms with Crippen LogP contribution in [-0.4, -0.2) is 167 Å². The number of hydrogen-bond acceptors (Lipinski definition) is 16. The quantitative estimate of drug-likeness (QED) is 0.0573. The summed E-state index contributed by atoms with van der Waals surface area (Å²) in [5.74, 6) is -2.65. The van der Waals surface area contributed by atoms with Gasteiger partial charge in [-0.05, 0) is 0 Å². The lowest BCUT2D eigenvalue weighted by Gasteiger charge is -2.42. The van der Waals surface area contributed by atoms with Gasteiger partial charge in [-0.15, -0.1) is 0 Å². The molecule has 0 spiro atoms. The monoisotopic (exact) mass is 674 g/mol. The highest BCUT2D eigenvalue weighted by atomic mass is 33.1. The highest BCUT2D eigenvalue weighted by Gasteiger charge is 2.47. The van der Waals surface area contributed by atoms with Crippen LogP contribution in [0, 0.1) is 0 Å². The van der Waals surface area contributed by atoms with Gasteiger partial charge in [0, 0.05) is 39.6 Å². The van der Waals surface area contributed by atoms with Crippen LogP contribution in [0.4, 0.5) is 0 Å². The Morgan fingerprint density at radius 3 is 1.30 bits per heavy atom. The molecule has 2 rings (SSSR count). The third-order valence-corrected chi connectivity index (χ3v) is 9.21. The van der Waals surface area contributed by atoms with Crippen molar-refractivity contribution in [2.24, 2.45) is 0 Å². The minimum atomic E-state index is -1.56. The van der Waals surface area contributed by atoms with Crippen molar-refractivity contribution in [3.05, 3.63) is 0 Å². The van der Waals surface area contributed by atoms with Gasteiger partial charge < -0.3 is 70.9 Å². The van der Waals surface area contributed by atoms with E-state index >= 15 is 0 Å².